The summed E-state index contributed by atoms with van der Waals surface area (Å²) in [6.45, 7) is 9.26. The van der Waals surface area contributed by atoms with E-state index in [0.29, 0.717) is 0 Å². The molecular weight excluding hydrogens is 158 g/mol. The molecule has 1 nitrogen and oxygen atoms in total. The van der Waals surface area contributed by atoms with Crippen molar-refractivity contribution >= 4 is 0 Å². The molecule has 0 spiro atoms. The molecular formula is C12H29N. The Morgan fingerprint density at radius 2 is 1.62 bits per heavy atom. The van der Waals surface area contributed by atoms with Crippen molar-refractivity contribution in [1.29, 1.82) is 0 Å². The van der Waals surface area contributed by atoms with Crippen LogP contribution in [0.2, 0.25) is 0 Å². The van der Waals surface area contributed by atoms with Crippen LogP contribution in [0.4, 0.5) is 0 Å². The van der Waals surface area contributed by atoms with Gasteiger partial charge >= 0.3 is 0 Å². The van der Waals surface area contributed by atoms with Crippen LogP contribution in [0.3, 0.4) is 0 Å². The topological polar surface area (TPSA) is 26.0 Å². The minimum atomic E-state index is 0.886. The highest BCUT2D eigenvalue weighted by molar-refractivity contribution is 4.59. The van der Waals surface area contributed by atoms with Crippen molar-refractivity contribution in [3.05, 3.63) is 0 Å². The van der Waals surface area contributed by atoms with Crippen LogP contribution in [0.5, 0.6) is 0 Å². The van der Waals surface area contributed by atoms with Crippen molar-refractivity contribution in [3.63, 3.8) is 0 Å². The molecule has 2 N–H and O–H groups in total. The summed E-state index contributed by atoms with van der Waals surface area (Å²) in [5.74, 6) is 1.88. The Kier molecular flexibility index (Phi) is 14.2. The average Bonchev–Trinajstić information content (AvgIpc) is 2.15. The third-order valence-electron chi connectivity index (χ3n) is 2.35. The zero-order chi connectivity index (χ0) is 10.7. The number of unbranched alkanes of at least 4 members (excludes halogenated alkanes) is 1. The van der Waals surface area contributed by atoms with Gasteiger partial charge in [-0.05, 0) is 25.3 Å². The Balaban J connectivity index is 0. The number of hydrogen-bond acceptors (Lipinski definition) is 1. The standard InChI is InChI=1S/C11H24.CH5N/c1-5-7-8-11(6-2)9-10(3)4;1-2/h10-11H,5-9H2,1-4H3;2H2,1H3/t11-;/m0./s1. The summed E-state index contributed by atoms with van der Waals surface area (Å²) in [4.78, 5) is 0. The molecule has 82 valence electrons. The lowest BCUT2D eigenvalue weighted by atomic mass is 9.90. The summed E-state index contributed by atoms with van der Waals surface area (Å²) in [7, 11) is 1.50. The van der Waals surface area contributed by atoms with Crippen LogP contribution in [-0.2, 0) is 0 Å². The monoisotopic (exact) mass is 187 g/mol. The quantitative estimate of drug-likeness (QED) is 0.672. The number of rotatable bonds is 6. The van der Waals surface area contributed by atoms with Crippen LogP contribution in [0.15, 0.2) is 0 Å². The van der Waals surface area contributed by atoms with Gasteiger partial charge in [0.25, 0.3) is 0 Å². The number of nitrogens with two attached hydrogens (primary N) is 1. The van der Waals surface area contributed by atoms with Crippen LogP contribution < -0.4 is 5.73 Å². The fraction of sp³-hybridized carbons (Fsp3) is 1.00. The maximum atomic E-state index is 4.50. The van der Waals surface area contributed by atoms with Crippen molar-refractivity contribution < 1.29 is 0 Å². The van der Waals surface area contributed by atoms with E-state index < -0.39 is 0 Å². The maximum Gasteiger partial charge on any atom is -0.0195 e. The predicted octanol–water partition coefficient (Wildman–Crippen LogP) is 3.82. The van der Waals surface area contributed by atoms with E-state index in [1.165, 1.54) is 39.2 Å². The molecule has 0 rings (SSSR count). The van der Waals surface area contributed by atoms with Crippen molar-refractivity contribution in [2.75, 3.05) is 7.05 Å². The Hall–Kier alpha value is -0.0400. The van der Waals surface area contributed by atoms with E-state index in [-0.39, 0.29) is 0 Å². The van der Waals surface area contributed by atoms with Gasteiger partial charge in [0.2, 0.25) is 0 Å². The molecule has 0 radical (unpaired) electrons. The summed E-state index contributed by atoms with van der Waals surface area (Å²) in [6.07, 6.45) is 7.03. The molecule has 0 heterocycles. The SMILES string of the molecule is CCCC[C@H](CC)CC(C)C.CN. The largest absolute Gasteiger partial charge is 0.333 e. The second-order valence-electron chi connectivity index (χ2n) is 4.05. The Morgan fingerprint density at radius 3 is 1.92 bits per heavy atom. The Morgan fingerprint density at radius 1 is 1.08 bits per heavy atom. The minimum Gasteiger partial charge on any atom is -0.333 e. The smallest absolute Gasteiger partial charge is 0.0195 e. The van der Waals surface area contributed by atoms with Crippen LogP contribution >= 0.6 is 0 Å². The van der Waals surface area contributed by atoms with E-state index >= 15 is 0 Å². The van der Waals surface area contributed by atoms with E-state index in [2.05, 4.69) is 33.4 Å². The first-order valence-corrected chi connectivity index (χ1v) is 5.78. The molecule has 0 aromatic heterocycles. The Bertz CT molecular complexity index is 79.2. The zero-order valence-corrected chi connectivity index (χ0v) is 10.3. The maximum absolute atomic E-state index is 4.50. The molecule has 1 atom stereocenters. The highest BCUT2D eigenvalue weighted by atomic mass is 14.4. The van der Waals surface area contributed by atoms with Crippen LogP contribution in [-0.4, -0.2) is 7.05 Å². The molecule has 1 heteroatoms. The van der Waals surface area contributed by atoms with E-state index in [1.54, 1.807) is 0 Å². The number of hydrogen-bond donors (Lipinski definition) is 1. The molecule has 0 unspecified atom stereocenters. The van der Waals surface area contributed by atoms with E-state index in [1.807, 2.05) is 0 Å². The molecule has 0 aliphatic carbocycles. The first-order valence-electron chi connectivity index (χ1n) is 5.78. The zero-order valence-electron chi connectivity index (χ0n) is 10.3. The van der Waals surface area contributed by atoms with E-state index in [0.717, 1.165) is 11.8 Å². The van der Waals surface area contributed by atoms with Gasteiger partial charge in [-0.3, -0.25) is 0 Å². The molecule has 0 aromatic carbocycles. The Labute approximate surface area is 85.1 Å². The van der Waals surface area contributed by atoms with Gasteiger partial charge in [-0.2, -0.15) is 0 Å². The van der Waals surface area contributed by atoms with Gasteiger partial charge in [-0.1, -0.05) is 53.4 Å². The van der Waals surface area contributed by atoms with Gasteiger partial charge in [0.1, 0.15) is 0 Å². The lowest BCUT2D eigenvalue weighted by Gasteiger charge is -2.16. The van der Waals surface area contributed by atoms with Crippen LogP contribution in [0.1, 0.15) is 59.8 Å². The molecule has 0 saturated carbocycles. The third kappa shape index (κ3) is 12.0. The molecule has 0 fully saturated rings. The summed E-state index contributed by atoms with van der Waals surface area (Å²) in [5.41, 5.74) is 4.50. The molecule has 0 amide bonds. The van der Waals surface area contributed by atoms with Gasteiger partial charge in [0.15, 0.2) is 0 Å². The van der Waals surface area contributed by atoms with Gasteiger partial charge < -0.3 is 5.73 Å². The molecule has 0 aliphatic heterocycles. The summed E-state index contributed by atoms with van der Waals surface area (Å²) in [6, 6.07) is 0. The van der Waals surface area contributed by atoms with E-state index in [9.17, 15) is 0 Å². The van der Waals surface area contributed by atoms with Gasteiger partial charge in [-0.25, -0.2) is 0 Å². The predicted molar refractivity (Wildman–Crippen MR) is 62.9 cm³/mol. The fourth-order valence-electron chi connectivity index (χ4n) is 1.65. The van der Waals surface area contributed by atoms with Gasteiger partial charge in [0.05, 0.1) is 0 Å². The first-order chi connectivity index (χ1) is 6.20. The highest BCUT2D eigenvalue weighted by Gasteiger charge is 2.07. The van der Waals surface area contributed by atoms with Gasteiger partial charge in [0, 0.05) is 0 Å². The molecule has 13 heavy (non-hydrogen) atoms. The van der Waals surface area contributed by atoms with Crippen LogP contribution in [0.25, 0.3) is 0 Å². The van der Waals surface area contributed by atoms with Crippen molar-refractivity contribution in [1.82, 2.24) is 0 Å². The molecule has 0 saturated heterocycles. The lowest BCUT2D eigenvalue weighted by Crippen LogP contribution is -2.02. The second kappa shape index (κ2) is 12.0. The van der Waals surface area contributed by atoms with Crippen molar-refractivity contribution in [2.45, 2.75) is 59.8 Å². The minimum absolute atomic E-state index is 0.886. The third-order valence-corrected chi connectivity index (χ3v) is 2.35. The molecule has 0 bridgehead atoms. The summed E-state index contributed by atoms with van der Waals surface area (Å²) >= 11 is 0. The molecule has 0 aliphatic rings. The van der Waals surface area contributed by atoms with E-state index in [4.69, 9.17) is 0 Å². The fourth-order valence-corrected chi connectivity index (χ4v) is 1.65. The average molecular weight is 187 g/mol. The van der Waals surface area contributed by atoms with Crippen molar-refractivity contribution in [2.24, 2.45) is 17.6 Å². The van der Waals surface area contributed by atoms with Crippen LogP contribution in [0, 0.1) is 11.8 Å². The summed E-state index contributed by atoms with van der Waals surface area (Å²) in [5, 5.41) is 0. The second-order valence-corrected chi connectivity index (χ2v) is 4.05. The molecule has 0 aromatic rings. The lowest BCUT2D eigenvalue weighted by molar-refractivity contribution is 0.366. The summed E-state index contributed by atoms with van der Waals surface area (Å²) < 4.78 is 0. The highest BCUT2D eigenvalue weighted by Crippen LogP contribution is 2.20. The normalized spacial score (nSPS) is 12.2. The van der Waals surface area contributed by atoms with Crippen molar-refractivity contribution in [3.8, 4) is 0 Å². The van der Waals surface area contributed by atoms with Gasteiger partial charge in [-0.15, -0.1) is 0 Å². The first kappa shape index (κ1) is 15.4.